The van der Waals surface area contributed by atoms with E-state index in [9.17, 15) is 39.3 Å². The van der Waals surface area contributed by atoms with Gasteiger partial charge in [0.15, 0.2) is 5.78 Å². The molecule has 0 bridgehead atoms. The molecule has 0 saturated carbocycles. The molecule has 280 valence electrons. The summed E-state index contributed by atoms with van der Waals surface area (Å²) in [5, 5.41) is 32.5. The van der Waals surface area contributed by atoms with E-state index in [-0.39, 0.29) is 62.8 Å². The number of benzene rings is 3. The molecule has 1 atom stereocenters. The Bertz CT molecular complexity index is 2170. The van der Waals surface area contributed by atoms with E-state index in [0.717, 1.165) is 12.2 Å². The van der Waals surface area contributed by atoms with Crippen molar-refractivity contribution < 1.29 is 58.2 Å². The number of methoxy groups -OCH3 is 1. The molecule has 3 aromatic rings. The Morgan fingerprint density at radius 3 is 1.72 bits per heavy atom. The van der Waals surface area contributed by atoms with Crippen LogP contribution in [0.5, 0.6) is 23.0 Å². The van der Waals surface area contributed by atoms with Crippen molar-refractivity contribution in [3.63, 3.8) is 0 Å². The molecule has 0 spiro atoms. The Kier molecular flexibility index (Phi) is 11.1. The third-order valence-electron chi connectivity index (χ3n) is 10.3. The number of hydrogen-bond donors (Lipinski definition) is 3. The predicted molar refractivity (Wildman–Crippen MR) is 194 cm³/mol. The summed E-state index contributed by atoms with van der Waals surface area (Å²) in [6.45, 7) is 17.9. The molecule has 12 heteroatoms. The summed E-state index contributed by atoms with van der Waals surface area (Å²) in [7, 11) is 1.20. The zero-order chi connectivity index (χ0) is 40.0. The van der Waals surface area contributed by atoms with Crippen LogP contribution in [0.4, 0.5) is 0 Å². The smallest absolute Gasteiger partial charge is 0.356 e. The normalized spacial score (nSPS) is 15.4. The maximum Gasteiger partial charge on any atom is 0.356 e. The Morgan fingerprint density at radius 1 is 0.679 bits per heavy atom. The van der Waals surface area contributed by atoms with Gasteiger partial charge in [0.25, 0.3) is 0 Å². The summed E-state index contributed by atoms with van der Waals surface area (Å²) in [5.41, 5.74) is 1.87. The van der Waals surface area contributed by atoms with E-state index in [1.807, 2.05) is 0 Å². The van der Waals surface area contributed by atoms with Gasteiger partial charge in [-0.05, 0) is 143 Å². The zero-order valence-corrected chi connectivity index (χ0v) is 32.0. The number of allylic oxidation sites excluding steroid dienone is 2. The van der Waals surface area contributed by atoms with Crippen molar-refractivity contribution in [2.75, 3.05) is 7.11 Å². The van der Waals surface area contributed by atoms with Crippen LogP contribution in [0.25, 0.3) is 0 Å². The van der Waals surface area contributed by atoms with E-state index in [0.29, 0.717) is 44.5 Å². The first kappa shape index (κ1) is 40.0. The molecule has 0 radical (unpaired) electrons. The Labute approximate surface area is 307 Å². The molecule has 53 heavy (non-hydrogen) atoms. The van der Waals surface area contributed by atoms with Gasteiger partial charge < -0.3 is 34.3 Å². The van der Waals surface area contributed by atoms with Crippen LogP contribution in [0.15, 0.2) is 29.6 Å². The molecule has 0 heterocycles. The molecule has 3 N–H and O–H groups in total. The van der Waals surface area contributed by atoms with E-state index in [2.05, 4.69) is 0 Å². The fraction of sp³-hybridized carbons (Fsp3) is 0.341. The van der Waals surface area contributed by atoms with Crippen molar-refractivity contribution in [2.45, 2.75) is 88.2 Å². The predicted octanol–water partition coefficient (Wildman–Crippen LogP) is 6.56. The van der Waals surface area contributed by atoms with E-state index in [1.165, 1.54) is 20.1 Å². The van der Waals surface area contributed by atoms with Crippen LogP contribution in [0.2, 0.25) is 0 Å². The highest BCUT2D eigenvalue weighted by atomic mass is 16.6. The number of aryl methyl sites for hydroxylation is 1. The molecule has 0 unspecified atom stereocenters. The highest BCUT2D eigenvalue weighted by Crippen LogP contribution is 2.42. The minimum absolute atomic E-state index is 0.0197. The van der Waals surface area contributed by atoms with Crippen molar-refractivity contribution in [3.8, 4) is 23.0 Å². The SMILES string of the molecule is CCc1c(O)c(C(=O)Oc2cc(C)c(C(=O)Oc3c(C)c(C)c(C(=O)O)c(C)c3C)c(C)c2C)c(C)c(C)c1OC(=O)[C@@]1(O)C(C)=CC(=O)C=C1OC. The van der Waals surface area contributed by atoms with Crippen molar-refractivity contribution in [3.05, 3.63) is 102 Å². The number of aromatic carboxylic acids is 1. The Morgan fingerprint density at radius 2 is 1.19 bits per heavy atom. The van der Waals surface area contributed by atoms with Crippen molar-refractivity contribution in [1.82, 2.24) is 0 Å². The first-order chi connectivity index (χ1) is 24.6. The highest BCUT2D eigenvalue weighted by Gasteiger charge is 2.48. The van der Waals surface area contributed by atoms with Gasteiger partial charge in [-0.2, -0.15) is 0 Å². The number of aliphatic hydroxyl groups is 1. The van der Waals surface area contributed by atoms with Crippen LogP contribution >= 0.6 is 0 Å². The fourth-order valence-electron chi connectivity index (χ4n) is 6.67. The van der Waals surface area contributed by atoms with Crippen LogP contribution in [0.1, 0.15) is 101 Å². The molecule has 12 nitrogen and oxygen atoms in total. The van der Waals surface area contributed by atoms with Crippen LogP contribution in [-0.4, -0.2) is 57.7 Å². The third kappa shape index (κ3) is 6.70. The van der Waals surface area contributed by atoms with Crippen LogP contribution in [-0.2, 0) is 20.7 Å². The van der Waals surface area contributed by atoms with Gasteiger partial charge in [-0.15, -0.1) is 0 Å². The number of phenols is 1. The zero-order valence-electron chi connectivity index (χ0n) is 32.0. The standard InChI is InChI=1S/C41H44O12/c1-13-28-34(43)33(23(8)26(11)36(28)53-40(48)41(49)18(3)15-27(42)16-30(41)50-12)39(47)51-29-14-17(2)31(20(5)19(29)4)38(46)52-35-24(9)21(6)32(37(44)45)22(7)25(35)10/h14-16,43,49H,13H2,1-12H3,(H,44,45)/t41-/m1/s1. The molecule has 3 aromatic carbocycles. The molecule has 0 saturated heterocycles. The number of carboxylic acids is 1. The molecule has 0 amide bonds. The molecule has 1 aliphatic rings. The maximum atomic E-state index is 13.8. The minimum Gasteiger partial charge on any atom is -0.507 e. The second kappa shape index (κ2) is 14.7. The van der Waals surface area contributed by atoms with Crippen LogP contribution in [0.3, 0.4) is 0 Å². The molecule has 0 aliphatic heterocycles. The van der Waals surface area contributed by atoms with Crippen LogP contribution < -0.4 is 14.2 Å². The second-order valence-electron chi connectivity index (χ2n) is 13.3. The highest BCUT2D eigenvalue weighted by molar-refractivity contribution is 6.06. The molecule has 4 rings (SSSR count). The van der Waals surface area contributed by atoms with Gasteiger partial charge >= 0.3 is 23.9 Å². The van der Waals surface area contributed by atoms with Crippen molar-refractivity contribution in [1.29, 1.82) is 0 Å². The Balaban J connectivity index is 1.69. The average molecular weight is 729 g/mol. The quantitative estimate of drug-likeness (QED) is 0.160. The van der Waals surface area contributed by atoms with E-state index in [4.69, 9.17) is 18.9 Å². The topological polar surface area (TPSA) is 183 Å². The third-order valence-corrected chi connectivity index (χ3v) is 10.3. The largest absolute Gasteiger partial charge is 0.507 e. The number of carboxylic acid groups (broad SMARTS) is 1. The van der Waals surface area contributed by atoms with E-state index < -0.39 is 41.0 Å². The lowest BCUT2D eigenvalue weighted by Gasteiger charge is -2.31. The Hall–Kier alpha value is -5.75. The number of esters is 3. The fourth-order valence-corrected chi connectivity index (χ4v) is 6.67. The number of rotatable bonds is 9. The number of aromatic hydroxyl groups is 1. The van der Waals surface area contributed by atoms with Crippen LogP contribution in [0, 0.1) is 62.3 Å². The van der Waals surface area contributed by atoms with Gasteiger partial charge in [-0.3, -0.25) is 4.79 Å². The first-order valence-corrected chi connectivity index (χ1v) is 16.8. The first-order valence-electron chi connectivity index (χ1n) is 16.8. The molecular weight excluding hydrogens is 684 g/mol. The van der Waals surface area contributed by atoms with Gasteiger partial charge in [0, 0.05) is 11.6 Å². The molecule has 0 fully saturated rings. The summed E-state index contributed by atoms with van der Waals surface area (Å²) in [6.07, 6.45) is 2.18. The van der Waals surface area contributed by atoms with Gasteiger partial charge in [0.05, 0.1) is 18.2 Å². The van der Waals surface area contributed by atoms with Gasteiger partial charge in [-0.1, -0.05) is 6.92 Å². The number of carbonyl (C=O) groups excluding carboxylic acids is 4. The molecule has 1 aliphatic carbocycles. The number of ketones is 1. The summed E-state index contributed by atoms with van der Waals surface area (Å²) in [6, 6.07) is 1.52. The van der Waals surface area contributed by atoms with Gasteiger partial charge in [-0.25, -0.2) is 19.2 Å². The number of ether oxygens (including phenoxy) is 4. The lowest BCUT2D eigenvalue weighted by molar-refractivity contribution is -0.151. The van der Waals surface area contributed by atoms with Crippen molar-refractivity contribution >= 4 is 29.7 Å². The molecule has 0 aromatic heterocycles. The van der Waals surface area contributed by atoms with Crippen molar-refractivity contribution in [2.24, 2.45) is 0 Å². The number of phenolic OH excluding ortho intramolecular Hbond substituents is 1. The summed E-state index contributed by atoms with van der Waals surface area (Å²) in [4.78, 5) is 64.8. The number of carbonyl (C=O) groups is 5. The minimum atomic E-state index is -2.41. The van der Waals surface area contributed by atoms with Gasteiger partial charge in [0.1, 0.15) is 34.3 Å². The summed E-state index contributed by atoms with van der Waals surface area (Å²) < 4.78 is 22.6. The maximum absolute atomic E-state index is 13.8. The van der Waals surface area contributed by atoms with Gasteiger partial charge in [0.2, 0.25) is 5.60 Å². The summed E-state index contributed by atoms with van der Waals surface area (Å²) in [5.74, 6) is -4.77. The van der Waals surface area contributed by atoms with E-state index in [1.54, 1.807) is 69.2 Å². The average Bonchev–Trinajstić information content (AvgIpc) is 3.08. The second-order valence-corrected chi connectivity index (χ2v) is 13.3. The number of hydrogen-bond acceptors (Lipinski definition) is 11. The molecular formula is C41H44O12. The summed E-state index contributed by atoms with van der Waals surface area (Å²) >= 11 is 0. The monoisotopic (exact) mass is 728 g/mol. The lowest BCUT2D eigenvalue weighted by Crippen LogP contribution is -2.47. The lowest BCUT2D eigenvalue weighted by atomic mass is 9.87. The van der Waals surface area contributed by atoms with E-state index >= 15 is 0 Å².